The molecule has 5 heteroatoms. The molecule has 1 amide bonds. The lowest BCUT2D eigenvalue weighted by molar-refractivity contribution is -0.116. The summed E-state index contributed by atoms with van der Waals surface area (Å²) in [4.78, 5) is 23.3. The monoisotopic (exact) mass is 274 g/mol. The molecule has 2 rings (SSSR count). The van der Waals surface area contributed by atoms with Gasteiger partial charge in [-0.2, -0.15) is 0 Å². The van der Waals surface area contributed by atoms with Crippen LogP contribution in [0.25, 0.3) is 0 Å². The van der Waals surface area contributed by atoms with Crippen LogP contribution in [0.3, 0.4) is 0 Å². The number of nitrogens with zero attached hydrogens (tertiary/aromatic N) is 1. The van der Waals surface area contributed by atoms with E-state index in [4.69, 9.17) is 0 Å². The number of nitrogens with one attached hydrogen (secondary N) is 1. The van der Waals surface area contributed by atoms with Crippen LogP contribution in [-0.2, 0) is 11.3 Å². The van der Waals surface area contributed by atoms with Gasteiger partial charge in [0.05, 0.1) is 0 Å². The molecular weight excluding hydrogens is 259 g/mol. The first-order valence-corrected chi connectivity index (χ1v) is 6.19. The van der Waals surface area contributed by atoms with Gasteiger partial charge < -0.3 is 9.88 Å². The van der Waals surface area contributed by atoms with Crippen LogP contribution in [-0.4, -0.2) is 10.5 Å². The summed E-state index contributed by atoms with van der Waals surface area (Å²) in [6, 6.07) is 7.70. The summed E-state index contributed by atoms with van der Waals surface area (Å²) in [7, 11) is 0. The topological polar surface area (TPSA) is 51.1 Å². The van der Waals surface area contributed by atoms with Gasteiger partial charge in [-0.25, -0.2) is 4.39 Å². The fourth-order valence-corrected chi connectivity index (χ4v) is 1.80. The molecule has 1 N–H and O–H groups in total. The Morgan fingerprint density at radius 2 is 1.95 bits per heavy atom. The van der Waals surface area contributed by atoms with Crippen LogP contribution in [0.2, 0.25) is 0 Å². The van der Waals surface area contributed by atoms with Gasteiger partial charge in [0.2, 0.25) is 5.91 Å². The van der Waals surface area contributed by atoms with Gasteiger partial charge in [-0.15, -0.1) is 0 Å². The predicted octanol–water partition coefficient (Wildman–Crippen LogP) is 2.24. The van der Waals surface area contributed by atoms with Gasteiger partial charge in [0.25, 0.3) is 5.56 Å². The van der Waals surface area contributed by atoms with Gasteiger partial charge in [0.1, 0.15) is 12.4 Å². The molecule has 2 aromatic rings. The van der Waals surface area contributed by atoms with Crippen LogP contribution >= 0.6 is 0 Å². The quantitative estimate of drug-likeness (QED) is 0.933. The first kappa shape index (κ1) is 14.0. The third-order valence-corrected chi connectivity index (χ3v) is 3.05. The molecule has 4 nitrogen and oxygen atoms in total. The van der Waals surface area contributed by atoms with Crippen molar-refractivity contribution in [3.8, 4) is 0 Å². The number of amides is 1. The molecule has 1 aromatic carbocycles. The van der Waals surface area contributed by atoms with Crippen molar-refractivity contribution in [2.24, 2.45) is 0 Å². The van der Waals surface area contributed by atoms with Crippen molar-refractivity contribution in [3.05, 3.63) is 63.8 Å². The number of carbonyl (C=O) groups is 1. The molecule has 0 saturated heterocycles. The van der Waals surface area contributed by atoms with E-state index in [1.54, 1.807) is 6.07 Å². The molecule has 0 atom stereocenters. The van der Waals surface area contributed by atoms with Crippen molar-refractivity contribution in [3.63, 3.8) is 0 Å². The number of hydrogen-bond donors (Lipinski definition) is 1. The summed E-state index contributed by atoms with van der Waals surface area (Å²) < 4.78 is 14.1. The van der Waals surface area contributed by atoms with Crippen molar-refractivity contribution in [1.29, 1.82) is 0 Å². The fourth-order valence-electron chi connectivity index (χ4n) is 1.80. The smallest absolute Gasteiger partial charge is 0.251 e. The molecule has 1 heterocycles. The standard InChI is InChI=1S/C15H15FN2O2/c1-10-3-5-13(7-11(10)2)17-14(19)9-18-8-12(16)4-6-15(18)20/h3-8H,9H2,1-2H3,(H,17,19). The maximum Gasteiger partial charge on any atom is 0.251 e. The number of anilines is 1. The second-order valence-electron chi connectivity index (χ2n) is 4.66. The average Bonchev–Trinajstić information content (AvgIpc) is 2.38. The Bertz CT molecular complexity index is 707. The predicted molar refractivity (Wildman–Crippen MR) is 75.2 cm³/mol. The minimum Gasteiger partial charge on any atom is -0.325 e. The Labute approximate surface area is 115 Å². The van der Waals surface area contributed by atoms with Gasteiger partial charge in [0.15, 0.2) is 0 Å². The SMILES string of the molecule is Cc1ccc(NC(=O)Cn2cc(F)ccc2=O)cc1C. The fraction of sp³-hybridized carbons (Fsp3) is 0.200. The highest BCUT2D eigenvalue weighted by atomic mass is 19.1. The first-order valence-electron chi connectivity index (χ1n) is 6.19. The van der Waals surface area contributed by atoms with Gasteiger partial charge in [-0.1, -0.05) is 6.07 Å². The maximum absolute atomic E-state index is 13.0. The summed E-state index contributed by atoms with van der Waals surface area (Å²) in [5.74, 6) is -0.926. The summed E-state index contributed by atoms with van der Waals surface area (Å²) in [6.07, 6.45) is 1.02. The number of hydrogen-bond acceptors (Lipinski definition) is 2. The zero-order chi connectivity index (χ0) is 14.7. The van der Waals surface area contributed by atoms with E-state index in [0.717, 1.165) is 34.0 Å². The van der Waals surface area contributed by atoms with Crippen molar-refractivity contribution in [2.45, 2.75) is 20.4 Å². The van der Waals surface area contributed by atoms with Crippen molar-refractivity contribution >= 4 is 11.6 Å². The largest absolute Gasteiger partial charge is 0.325 e. The molecular formula is C15H15FN2O2. The Morgan fingerprint density at radius 1 is 1.20 bits per heavy atom. The van der Waals surface area contributed by atoms with Crippen molar-refractivity contribution in [2.75, 3.05) is 5.32 Å². The molecule has 0 radical (unpaired) electrons. The van der Waals surface area contributed by atoms with Crippen LogP contribution in [0, 0.1) is 19.7 Å². The Kier molecular flexibility index (Phi) is 3.98. The van der Waals surface area contributed by atoms with Crippen LogP contribution in [0.15, 0.2) is 41.3 Å². The lowest BCUT2D eigenvalue weighted by Crippen LogP contribution is -2.27. The van der Waals surface area contributed by atoms with Gasteiger partial charge >= 0.3 is 0 Å². The first-order chi connectivity index (χ1) is 9.45. The average molecular weight is 274 g/mol. The summed E-state index contributed by atoms with van der Waals surface area (Å²) in [6.45, 7) is 3.71. The molecule has 0 aliphatic heterocycles. The minimum atomic E-state index is -0.552. The molecule has 0 spiro atoms. The summed E-state index contributed by atoms with van der Waals surface area (Å²) in [5, 5.41) is 2.68. The third-order valence-electron chi connectivity index (χ3n) is 3.05. The number of aryl methyl sites for hydroxylation is 2. The van der Waals surface area contributed by atoms with Crippen LogP contribution in [0.5, 0.6) is 0 Å². The molecule has 0 unspecified atom stereocenters. The van der Waals surface area contributed by atoms with E-state index in [2.05, 4.69) is 5.32 Å². The van der Waals surface area contributed by atoms with E-state index in [-0.39, 0.29) is 12.5 Å². The lowest BCUT2D eigenvalue weighted by Gasteiger charge is -2.09. The normalized spacial score (nSPS) is 10.3. The summed E-state index contributed by atoms with van der Waals surface area (Å²) in [5.41, 5.74) is 2.43. The summed E-state index contributed by atoms with van der Waals surface area (Å²) >= 11 is 0. The van der Waals surface area contributed by atoms with Crippen LogP contribution in [0.1, 0.15) is 11.1 Å². The number of pyridine rings is 1. The molecule has 104 valence electrons. The van der Waals surface area contributed by atoms with E-state index >= 15 is 0 Å². The second kappa shape index (κ2) is 5.69. The van der Waals surface area contributed by atoms with E-state index in [0.29, 0.717) is 5.69 Å². The highest BCUT2D eigenvalue weighted by Gasteiger charge is 2.06. The Morgan fingerprint density at radius 3 is 2.65 bits per heavy atom. The minimum absolute atomic E-state index is 0.219. The van der Waals surface area contributed by atoms with Crippen molar-refractivity contribution in [1.82, 2.24) is 4.57 Å². The maximum atomic E-state index is 13.0. The number of halogens is 1. The number of benzene rings is 1. The zero-order valence-corrected chi connectivity index (χ0v) is 11.3. The number of carbonyl (C=O) groups excluding carboxylic acids is 1. The van der Waals surface area contributed by atoms with Gasteiger partial charge in [-0.3, -0.25) is 9.59 Å². The number of rotatable bonds is 3. The molecule has 1 aromatic heterocycles. The lowest BCUT2D eigenvalue weighted by atomic mass is 10.1. The Balaban J connectivity index is 2.11. The van der Waals surface area contributed by atoms with Crippen LogP contribution in [0.4, 0.5) is 10.1 Å². The van der Waals surface area contributed by atoms with Gasteiger partial charge in [-0.05, 0) is 43.2 Å². The molecule has 0 fully saturated rings. The van der Waals surface area contributed by atoms with E-state index < -0.39 is 11.4 Å². The van der Waals surface area contributed by atoms with E-state index in [9.17, 15) is 14.0 Å². The van der Waals surface area contributed by atoms with Crippen LogP contribution < -0.4 is 10.9 Å². The van der Waals surface area contributed by atoms with Crippen molar-refractivity contribution < 1.29 is 9.18 Å². The molecule has 0 aliphatic rings. The highest BCUT2D eigenvalue weighted by Crippen LogP contribution is 2.14. The number of aromatic nitrogens is 1. The molecule has 0 bridgehead atoms. The zero-order valence-electron chi connectivity index (χ0n) is 11.3. The second-order valence-corrected chi connectivity index (χ2v) is 4.66. The van der Waals surface area contributed by atoms with Gasteiger partial charge in [0, 0.05) is 18.0 Å². The highest BCUT2D eigenvalue weighted by molar-refractivity contribution is 5.90. The third kappa shape index (κ3) is 3.32. The van der Waals surface area contributed by atoms with E-state index in [1.165, 1.54) is 0 Å². The van der Waals surface area contributed by atoms with E-state index in [1.807, 2.05) is 26.0 Å². The molecule has 20 heavy (non-hydrogen) atoms. The molecule has 0 saturated carbocycles. The Hall–Kier alpha value is -2.43. The molecule has 0 aliphatic carbocycles.